The molecule has 1 heterocycles. The molecule has 0 amide bonds. The summed E-state index contributed by atoms with van der Waals surface area (Å²) < 4.78 is 343. The monoisotopic (exact) mass is 1310 g/mol. The van der Waals surface area contributed by atoms with Crippen LogP contribution in [0.3, 0.4) is 0 Å². The number of ketones is 1. The molecular weight excluding hydrogens is 1250 g/mol. The molecule has 0 atom stereocenters. The fraction of sp³-hybridized carbons (Fsp3) is 0.429. The molecule has 0 bridgehead atoms. The molecule has 6 rings (SSSR count). The Morgan fingerprint density at radius 3 is 0.822 bits per heavy atom. The molecule has 0 aliphatic carbocycles. The molecular formula is C63H60BF24NO. The third-order valence-electron chi connectivity index (χ3n) is 15.2. The summed E-state index contributed by atoms with van der Waals surface area (Å²) >= 11 is 0. The van der Waals surface area contributed by atoms with Crippen LogP contribution in [-0.4, -0.2) is 11.9 Å². The zero-order valence-corrected chi connectivity index (χ0v) is 47.9. The van der Waals surface area contributed by atoms with Crippen molar-refractivity contribution in [3.8, 4) is 0 Å². The van der Waals surface area contributed by atoms with Gasteiger partial charge >= 0.3 is 49.4 Å². The molecule has 0 fully saturated rings. The predicted molar refractivity (Wildman–Crippen MR) is 291 cm³/mol. The second-order valence-corrected chi connectivity index (χ2v) is 21.9. The second-order valence-electron chi connectivity index (χ2n) is 21.9. The molecule has 0 aliphatic rings. The first-order valence-corrected chi connectivity index (χ1v) is 28.5. The highest BCUT2D eigenvalue weighted by molar-refractivity contribution is 7.20. The SMILES string of the molecule is CCCCCCCCCCCCCCCCCCc1cccc[n+]1CC(=O)c1ccccc1.FC(F)(F)c1cc([B-](c2cc(C(F)(F)F)cc(C(F)(F)F)c2)(c2cc(C(F)(F)F)cc(C(F)(F)F)c2)c2cc(C(F)(F)F)cc(C(F)(F)F)c2)cc(C(F)(F)F)c1. The van der Waals surface area contributed by atoms with Crippen LogP contribution in [0.15, 0.2) is 128 Å². The van der Waals surface area contributed by atoms with E-state index in [-0.39, 0.29) is 5.78 Å². The van der Waals surface area contributed by atoms with E-state index in [1.165, 1.54) is 108 Å². The van der Waals surface area contributed by atoms with Crippen LogP contribution in [0, 0.1) is 0 Å². The van der Waals surface area contributed by atoms with Crippen LogP contribution in [0.4, 0.5) is 105 Å². The highest BCUT2D eigenvalue weighted by Gasteiger charge is 2.47. The summed E-state index contributed by atoms with van der Waals surface area (Å²) in [5.74, 6) is 0.181. The van der Waals surface area contributed by atoms with Gasteiger partial charge in [0.2, 0.25) is 12.3 Å². The summed E-state index contributed by atoms with van der Waals surface area (Å²) in [6, 6.07) is 7.09. The Hall–Kier alpha value is -6.70. The Bertz CT molecular complexity index is 2840. The molecule has 0 N–H and O–H groups in total. The van der Waals surface area contributed by atoms with Crippen molar-refractivity contribution < 1.29 is 115 Å². The van der Waals surface area contributed by atoms with Gasteiger partial charge in [0, 0.05) is 24.1 Å². The van der Waals surface area contributed by atoms with Crippen LogP contribution in [-0.2, 0) is 62.4 Å². The molecule has 0 saturated heterocycles. The molecule has 27 heteroatoms. The van der Waals surface area contributed by atoms with Gasteiger partial charge < -0.3 is 0 Å². The van der Waals surface area contributed by atoms with Crippen LogP contribution in [0.1, 0.15) is 170 Å². The van der Waals surface area contributed by atoms with Gasteiger partial charge in [-0.1, -0.05) is 188 Å². The Kier molecular flexibility index (Phi) is 24.8. The Labute approximate surface area is 502 Å². The maximum absolute atomic E-state index is 14.2. The molecule has 494 valence electrons. The Morgan fingerprint density at radius 1 is 0.322 bits per heavy atom. The number of Topliss-reactive ketones (excluding diaryl/α,β-unsaturated/α-hetero) is 1. The van der Waals surface area contributed by atoms with Crippen LogP contribution < -0.4 is 26.4 Å². The van der Waals surface area contributed by atoms with Crippen molar-refractivity contribution in [3.05, 3.63) is 183 Å². The van der Waals surface area contributed by atoms with Gasteiger partial charge in [0.05, 0.1) is 44.5 Å². The van der Waals surface area contributed by atoms with Gasteiger partial charge in [0.15, 0.2) is 11.9 Å². The summed E-state index contributed by atoms with van der Waals surface area (Å²) in [6.45, 7) is 2.72. The molecule has 0 radical (unpaired) electrons. The van der Waals surface area contributed by atoms with E-state index in [1.807, 2.05) is 42.6 Å². The second kappa shape index (κ2) is 30.2. The number of carbonyl (C=O) groups excluding carboxylic acids is 1. The van der Waals surface area contributed by atoms with Crippen molar-refractivity contribution in [1.82, 2.24) is 0 Å². The maximum atomic E-state index is 14.2. The van der Waals surface area contributed by atoms with E-state index in [0.717, 1.165) is 12.0 Å². The van der Waals surface area contributed by atoms with Gasteiger partial charge in [0.25, 0.3) is 0 Å². The van der Waals surface area contributed by atoms with E-state index in [2.05, 4.69) is 23.6 Å². The van der Waals surface area contributed by atoms with E-state index in [9.17, 15) is 110 Å². The average molecular weight is 1310 g/mol. The van der Waals surface area contributed by atoms with Crippen LogP contribution in [0.2, 0.25) is 0 Å². The number of halogens is 24. The minimum absolute atomic E-state index is 0.181. The van der Waals surface area contributed by atoms with Crippen molar-refractivity contribution in [2.45, 2.75) is 172 Å². The number of aromatic nitrogens is 1. The van der Waals surface area contributed by atoms with Crippen molar-refractivity contribution in [3.63, 3.8) is 0 Å². The third-order valence-corrected chi connectivity index (χ3v) is 15.2. The first-order valence-electron chi connectivity index (χ1n) is 28.5. The van der Waals surface area contributed by atoms with Crippen molar-refractivity contribution >= 4 is 33.8 Å². The summed E-state index contributed by atoms with van der Waals surface area (Å²) in [7, 11) is 0. The molecule has 6 aromatic rings. The van der Waals surface area contributed by atoms with Crippen LogP contribution in [0.25, 0.3) is 0 Å². The first kappa shape index (κ1) is 74.0. The van der Waals surface area contributed by atoms with Gasteiger partial charge in [-0.15, -0.1) is 0 Å². The average Bonchev–Trinajstić information content (AvgIpc) is 0.710. The van der Waals surface area contributed by atoms with Gasteiger partial charge in [-0.3, -0.25) is 4.79 Å². The fourth-order valence-corrected chi connectivity index (χ4v) is 10.7. The number of pyridine rings is 1. The number of rotatable bonds is 24. The van der Waals surface area contributed by atoms with E-state index in [0.29, 0.717) is 6.54 Å². The standard InChI is InChI=1S/C32H12BF24.C31H48NO/c34-25(35,36)13-1-14(26(37,38)39)6-21(5-13)33(22-7-15(27(40,41)42)2-16(8-22)28(43,44)45,23-9-17(29(46,47)48)3-18(10-23)30(49,50)51)24-11-19(31(52,53)54)4-20(12-24)32(55,56)57;1-2-3-4-5-6-7-8-9-10-11-12-13-14-15-16-20-25-30-26-21-22-27-32(30)28-31(33)29-23-18-17-19-24-29/h1-12H;17-19,21-24,26-27H,2-16,20,25,28H2,1H3/q-1;+1. The quantitative estimate of drug-likeness (QED) is 0.0195. The number of nitrogens with zero attached hydrogens (tertiary/aromatic N) is 1. The first-order chi connectivity index (χ1) is 41.6. The summed E-state index contributed by atoms with van der Waals surface area (Å²) in [5.41, 5.74) is -28.1. The molecule has 2 nitrogen and oxygen atoms in total. The molecule has 0 aliphatic heterocycles. The number of hydrogen-bond acceptors (Lipinski definition) is 1. The highest BCUT2D eigenvalue weighted by atomic mass is 19.4. The number of alkyl halides is 24. The number of hydrogen-bond donors (Lipinski definition) is 0. The zero-order chi connectivity index (χ0) is 67.3. The number of unbranched alkanes of at least 4 members (excludes halogenated alkanes) is 15. The molecule has 5 aromatic carbocycles. The largest absolute Gasteiger partial charge is 0.416 e. The lowest BCUT2D eigenvalue weighted by Crippen LogP contribution is -2.75. The lowest BCUT2D eigenvalue weighted by atomic mass is 9.12. The number of benzene rings is 5. The predicted octanol–water partition coefficient (Wildman–Crippen LogP) is 19.9. The lowest BCUT2D eigenvalue weighted by molar-refractivity contribution is -0.690. The fourth-order valence-electron chi connectivity index (χ4n) is 10.7. The van der Waals surface area contributed by atoms with E-state index >= 15 is 0 Å². The molecule has 1 aromatic heterocycles. The third kappa shape index (κ3) is 20.9. The van der Waals surface area contributed by atoms with Crippen molar-refractivity contribution in [2.75, 3.05) is 0 Å². The van der Waals surface area contributed by atoms with Crippen molar-refractivity contribution in [1.29, 1.82) is 0 Å². The number of carbonyl (C=O) groups is 1. The highest BCUT2D eigenvalue weighted by Crippen LogP contribution is 2.42. The van der Waals surface area contributed by atoms with Crippen LogP contribution >= 0.6 is 0 Å². The molecule has 90 heavy (non-hydrogen) atoms. The number of aryl methyl sites for hydroxylation is 1. The van der Waals surface area contributed by atoms with Gasteiger partial charge in [0.1, 0.15) is 6.15 Å². The lowest BCUT2D eigenvalue weighted by Gasteiger charge is -2.46. The summed E-state index contributed by atoms with van der Waals surface area (Å²) in [5, 5.41) is 0. The van der Waals surface area contributed by atoms with Crippen LogP contribution in [0.5, 0.6) is 0 Å². The van der Waals surface area contributed by atoms with E-state index < -0.39 is 195 Å². The molecule has 0 saturated carbocycles. The minimum Gasteiger partial charge on any atom is -0.287 e. The van der Waals surface area contributed by atoms with Gasteiger partial charge in [-0.05, 0) is 30.7 Å². The van der Waals surface area contributed by atoms with E-state index in [4.69, 9.17) is 0 Å². The summed E-state index contributed by atoms with van der Waals surface area (Å²) in [4.78, 5) is 12.6. The van der Waals surface area contributed by atoms with Gasteiger partial charge in [-0.25, -0.2) is 0 Å². The smallest absolute Gasteiger partial charge is 0.287 e. The zero-order valence-electron chi connectivity index (χ0n) is 47.9. The summed E-state index contributed by atoms with van der Waals surface area (Å²) in [6.07, 6.45) is -29.4. The Balaban J connectivity index is 0.000000378. The van der Waals surface area contributed by atoms with Crippen molar-refractivity contribution in [2.24, 2.45) is 0 Å². The Morgan fingerprint density at radius 2 is 0.567 bits per heavy atom. The minimum atomic E-state index is -6.13. The normalized spacial score (nSPS) is 13.1. The molecule has 0 unspecified atom stereocenters. The van der Waals surface area contributed by atoms with E-state index in [1.54, 1.807) is 0 Å². The topological polar surface area (TPSA) is 20.9 Å². The molecule has 0 spiro atoms. The maximum Gasteiger partial charge on any atom is 0.416 e. The van der Waals surface area contributed by atoms with Gasteiger partial charge in [-0.2, -0.15) is 132 Å².